The first-order valence-corrected chi connectivity index (χ1v) is 5.45. The zero-order valence-electron chi connectivity index (χ0n) is 10.2. The first kappa shape index (κ1) is 13.4. The molecule has 0 heterocycles. The third-order valence-corrected chi connectivity index (χ3v) is 2.49. The van der Waals surface area contributed by atoms with Gasteiger partial charge < -0.3 is 4.74 Å². The molecule has 0 aliphatic carbocycles. The molecule has 1 nitrogen and oxygen atoms in total. The van der Waals surface area contributed by atoms with Gasteiger partial charge in [0.15, 0.2) is 0 Å². The Labute approximate surface area is 88.9 Å². The molecule has 1 heteroatoms. The van der Waals surface area contributed by atoms with E-state index in [1.54, 1.807) is 7.11 Å². The number of ether oxygens (including phenoxy) is 1. The number of allylic oxidation sites excluding steroid dienone is 3. The lowest BCUT2D eigenvalue weighted by atomic mass is 9.84. The average Bonchev–Trinajstić information content (AvgIpc) is 2.14. The molecule has 1 unspecified atom stereocenters. The molecule has 0 amide bonds. The highest BCUT2D eigenvalue weighted by Gasteiger charge is 2.24. The van der Waals surface area contributed by atoms with E-state index >= 15 is 0 Å². The highest BCUT2D eigenvalue weighted by Crippen LogP contribution is 2.26. The van der Waals surface area contributed by atoms with Gasteiger partial charge in [0.2, 0.25) is 0 Å². The summed E-state index contributed by atoms with van der Waals surface area (Å²) in [5.74, 6) is 0. The normalized spacial score (nSPS) is 15.5. The maximum absolute atomic E-state index is 5.45. The molecule has 0 spiro atoms. The summed E-state index contributed by atoms with van der Waals surface area (Å²) in [4.78, 5) is 0. The highest BCUT2D eigenvalue weighted by molar-refractivity contribution is 5.08. The summed E-state index contributed by atoms with van der Waals surface area (Å²) in [5.41, 5.74) is 0.113. The number of hydrogen-bond acceptors (Lipinski definition) is 1. The van der Waals surface area contributed by atoms with Gasteiger partial charge in [0.1, 0.15) is 0 Å². The summed E-state index contributed by atoms with van der Waals surface area (Å²) in [6, 6.07) is 0. The van der Waals surface area contributed by atoms with E-state index in [9.17, 15) is 0 Å². The van der Waals surface area contributed by atoms with Crippen molar-refractivity contribution in [3.63, 3.8) is 0 Å². The van der Waals surface area contributed by atoms with Gasteiger partial charge in [-0.1, -0.05) is 52.0 Å². The van der Waals surface area contributed by atoms with Gasteiger partial charge in [0, 0.05) is 12.5 Å². The fourth-order valence-corrected chi connectivity index (χ4v) is 1.62. The molecule has 1 atom stereocenters. The van der Waals surface area contributed by atoms with Crippen LogP contribution in [0.5, 0.6) is 0 Å². The Morgan fingerprint density at radius 3 is 2.29 bits per heavy atom. The molecule has 0 bridgehead atoms. The summed E-state index contributed by atoms with van der Waals surface area (Å²) in [5, 5.41) is 0. The molecule has 0 saturated carbocycles. The Balaban J connectivity index is 4.30. The third kappa shape index (κ3) is 4.61. The van der Waals surface area contributed by atoms with E-state index in [1.807, 2.05) is 0 Å². The van der Waals surface area contributed by atoms with Gasteiger partial charge in [-0.15, -0.1) is 0 Å². The Morgan fingerprint density at radius 2 is 1.86 bits per heavy atom. The predicted molar refractivity (Wildman–Crippen MR) is 63.4 cm³/mol. The molecule has 0 N–H and O–H groups in total. The lowest BCUT2D eigenvalue weighted by Gasteiger charge is -2.29. The van der Waals surface area contributed by atoms with Crippen LogP contribution in [-0.4, -0.2) is 13.2 Å². The minimum absolute atomic E-state index is 0.113. The standard InChI is InChI=1S/C13H24O/c1-6-8-9-10-11-13(3,4)12(7-2)14-5/h8-12H,6-7H2,1-5H3/b9-8+,11-10+. The fraction of sp³-hybridized carbons (Fsp3) is 0.692. The van der Waals surface area contributed by atoms with Gasteiger partial charge >= 0.3 is 0 Å². The monoisotopic (exact) mass is 196 g/mol. The molecule has 0 aromatic carbocycles. The van der Waals surface area contributed by atoms with Crippen LogP contribution in [0.25, 0.3) is 0 Å². The smallest absolute Gasteiger partial charge is 0.0654 e. The molecule has 0 aliphatic rings. The van der Waals surface area contributed by atoms with E-state index in [1.165, 1.54) is 0 Å². The first-order chi connectivity index (χ1) is 6.58. The van der Waals surface area contributed by atoms with Gasteiger partial charge in [-0.3, -0.25) is 0 Å². The highest BCUT2D eigenvalue weighted by atomic mass is 16.5. The van der Waals surface area contributed by atoms with Gasteiger partial charge in [-0.05, 0) is 12.8 Å². The summed E-state index contributed by atoms with van der Waals surface area (Å²) >= 11 is 0. The van der Waals surface area contributed by atoms with Gasteiger partial charge in [-0.25, -0.2) is 0 Å². The second-order valence-electron chi connectivity index (χ2n) is 4.15. The van der Waals surface area contributed by atoms with E-state index in [-0.39, 0.29) is 5.41 Å². The Kier molecular flexibility index (Phi) is 6.56. The lowest BCUT2D eigenvalue weighted by molar-refractivity contribution is 0.0288. The van der Waals surface area contributed by atoms with Crippen molar-refractivity contribution < 1.29 is 4.74 Å². The van der Waals surface area contributed by atoms with Crippen molar-refractivity contribution in [2.24, 2.45) is 5.41 Å². The second kappa shape index (κ2) is 6.83. The van der Waals surface area contributed by atoms with E-state index in [0.717, 1.165) is 12.8 Å². The molecule has 0 rings (SSSR count). The van der Waals surface area contributed by atoms with Crippen molar-refractivity contribution in [1.29, 1.82) is 0 Å². The van der Waals surface area contributed by atoms with Crippen molar-refractivity contribution in [3.8, 4) is 0 Å². The van der Waals surface area contributed by atoms with Crippen molar-refractivity contribution in [2.45, 2.75) is 46.6 Å². The molecule has 0 aromatic rings. The average molecular weight is 196 g/mol. The van der Waals surface area contributed by atoms with E-state index < -0.39 is 0 Å². The SMILES string of the molecule is CC/C=C/C=C/C(C)(C)C(CC)OC. The Bertz CT molecular complexity index is 185. The van der Waals surface area contributed by atoms with Crippen molar-refractivity contribution in [2.75, 3.05) is 7.11 Å². The van der Waals surface area contributed by atoms with Crippen LogP contribution in [0, 0.1) is 5.41 Å². The van der Waals surface area contributed by atoms with Crippen molar-refractivity contribution >= 4 is 0 Å². The predicted octanol–water partition coefficient (Wildman–Crippen LogP) is 3.96. The molecule has 14 heavy (non-hydrogen) atoms. The van der Waals surface area contributed by atoms with Crippen LogP contribution in [0.3, 0.4) is 0 Å². The van der Waals surface area contributed by atoms with E-state index in [0.29, 0.717) is 6.10 Å². The van der Waals surface area contributed by atoms with Gasteiger partial charge in [-0.2, -0.15) is 0 Å². The number of hydrogen-bond donors (Lipinski definition) is 0. The fourth-order valence-electron chi connectivity index (χ4n) is 1.62. The van der Waals surface area contributed by atoms with Crippen LogP contribution in [0.2, 0.25) is 0 Å². The number of methoxy groups -OCH3 is 1. The second-order valence-corrected chi connectivity index (χ2v) is 4.15. The van der Waals surface area contributed by atoms with Gasteiger partial charge in [0.25, 0.3) is 0 Å². The van der Waals surface area contributed by atoms with Crippen LogP contribution >= 0.6 is 0 Å². The summed E-state index contributed by atoms with van der Waals surface area (Å²) in [6.07, 6.45) is 11.0. The van der Waals surface area contributed by atoms with Crippen LogP contribution in [0.1, 0.15) is 40.5 Å². The van der Waals surface area contributed by atoms with Crippen LogP contribution in [-0.2, 0) is 4.74 Å². The quantitative estimate of drug-likeness (QED) is 0.584. The maximum atomic E-state index is 5.45. The molecule has 0 saturated heterocycles. The molecular formula is C13H24O. The molecule has 0 aliphatic heterocycles. The summed E-state index contributed by atoms with van der Waals surface area (Å²) in [6.45, 7) is 8.72. The number of rotatable bonds is 6. The zero-order chi connectivity index (χ0) is 11.0. The molecular weight excluding hydrogens is 172 g/mol. The summed E-state index contributed by atoms with van der Waals surface area (Å²) < 4.78 is 5.45. The maximum Gasteiger partial charge on any atom is 0.0654 e. The molecule has 0 fully saturated rings. The molecule has 82 valence electrons. The van der Waals surface area contributed by atoms with Gasteiger partial charge in [0.05, 0.1) is 6.10 Å². The van der Waals surface area contributed by atoms with E-state index in [4.69, 9.17) is 4.74 Å². The van der Waals surface area contributed by atoms with Crippen LogP contribution in [0.4, 0.5) is 0 Å². The Hall–Kier alpha value is -0.560. The third-order valence-electron chi connectivity index (χ3n) is 2.49. The molecule has 0 radical (unpaired) electrons. The largest absolute Gasteiger partial charge is 0.381 e. The first-order valence-electron chi connectivity index (χ1n) is 5.45. The Morgan fingerprint density at radius 1 is 1.21 bits per heavy atom. The minimum Gasteiger partial charge on any atom is -0.381 e. The summed E-state index contributed by atoms with van der Waals surface area (Å²) in [7, 11) is 1.78. The minimum atomic E-state index is 0.113. The van der Waals surface area contributed by atoms with Crippen molar-refractivity contribution in [3.05, 3.63) is 24.3 Å². The lowest BCUT2D eigenvalue weighted by Crippen LogP contribution is -2.28. The van der Waals surface area contributed by atoms with Crippen LogP contribution in [0.15, 0.2) is 24.3 Å². The van der Waals surface area contributed by atoms with Crippen LogP contribution < -0.4 is 0 Å². The topological polar surface area (TPSA) is 9.23 Å². The van der Waals surface area contributed by atoms with E-state index in [2.05, 4.69) is 52.0 Å². The van der Waals surface area contributed by atoms with Crippen molar-refractivity contribution in [1.82, 2.24) is 0 Å². The molecule has 0 aromatic heterocycles. The zero-order valence-corrected chi connectivity index (χ0v) is 10.2.